The van der Waals surface area contributed by atoms with Gasteiger partial charge in [-0.25, -0.2) is 0 Å². The van der Waals surface area contributed by atoms with Gasteiger partial charge in [0.1, 0.15) is 17.5 Å². The fourth-order valence-electron chi connectivity index (χ4n) is 4.59. The van der Waals surface area contributed by atoms with Gasteiger partial charge in [-0.05, 0) is 48.2 Å². The predicted octanol–water partition coefficient (Wildman–Crippen LogP) is 6.78. The first kappa shape index (κ1) is 22.9. The van der Waals surface area contributed by atoms with Gasteiger partial charge in [-0.15, -0.1) is 0 Å². The first-order chi connectivity index (χ1) is 17.2. The molecule has 1 N–H and O–H groups in total. The number of rotatable bonds is 6. The van der Waals surface area contributed by atoms with E-state index in [2.05, 4.69) is 11.4 Å². The maximum atomic E-state index is 13.3. The van der Waals surface area contributed by atoms with Crippen LogP contribution in [0.5, 0.6) is 0 Å². The molecule has 1 atom stereocenters. The number of amides is 1. The second kappa shape index (κ2) is 10.2. The summed E-state index contributed by atoms with van der Waals surface area (Å²) in [6.07, 6.45) is 1.93. The van der Waals surface area contributed by atoms with Crippen LogP contribution in [0.25, 0.3) is 22.4 Å². The third-order valence-corrected chi connectivity index (χ3v) is 6.49. The lowest BCUT2D eigenvalue weighted by Crippen LogP contribution is -2.21. The Labute approximate surface area is 209 Å². The number of carbonyl (C=O) groups is 1. The van der Waals surface area contributed by atoms with Crippen LogP contribution in [0.2, 0.25) is 5.02 Å². The highest BCUT2D eigenvalue weighted by Gasteiger charge is 2.29. The van der Waals surface area contributed by atoms with Crippen LogP contribution in [0.4, 0.5) is 5.82 Å². The number of nitrogens with zero attached hydrogens (tertiary/aromatic N) is 2. The van der Waals surface area contributed by atoms with Crippen LogP contribution in [0.1, 0.15) is 28.8 Å². The number of carbonyl (C=O) groups excluding carboxylic acids is 1. The summed E-state index contributed by atoms with van der Waals surface area (Å²) >= 11 is 6.01. The van der Waals surface area contributed by atoms with E-state index in [0.29, 0.717) is 28.5 Å². The fourth-order valence-corrected chi connectivity index (χ4v) is 4.72. The van der Waals surface area contributed by atoms with E-state index in [-0.39, 0.29) is 12.0 Å². The molecule has 1 aliphatic heterocycles. The normalized spacial score (nSPS) is 15.0. The van der Waals surface area contributed by atoms with Gasteiger partial charge in [-0.3, -0.25) is 4.79 Å². The topological polar surface area (TPSA) is 67.1 Å². The van der Waals surface area contributed by atoms with Gasteiger partial charge >= 0.3 is 0 Å². The Balaban J connectivity index is 1.72. The summed E-state index contributed by atoms with van der Waals surface area (Å²) in [6, 6.07) is 28.9. The van der Waals surface area contributed by atoms with E-state index >= 15 is 0 Å². The molecule has 2 heterocycles. The van der Waals surface area contributed by atoms with Crippen molar-refractivity contribution in [1.29, 1.82) is 5.26 Å². The Hall–Kier alpha value is -3.85. The highest BCUT2D eigenvalue weighted by atomic mass is 35.5. The molecule has 1 aromatic heterocycles. The van der Waals surface area contributed by atoms with E-state index in [9.17, 15) is 10.1 Å². The summed E-state index contributed by atoms with van der Waals surface area (Å²) < 4.78 is 8.00. The van der Waals surface area contributed by atoms with Crippen molar-refractivity contribution in [2.45, 2.75) is 25.5 Å². The number of anilines is 1. The number of aromatic nitrogens is 1. The third kappa shape index (κ3) is 4.72. The van der Waals surface area contributed by atoms with E-state index in [1.807, 2.05) is 65.2 Å². The Bertz CT molecular complexity index is 1370. The fraction of sp³-hybridized carbons (Fsp3) is 0.172. The quantitative estimate of drug-likeness (QED) is 0.330. The SMILES string of the molecule is N#Cc1c(-c2ccccc2)c(-c2ccccc2)n(C[C@H]2CCCO2)c1NC(=O)c1ccc(Cl)cc1. The largest absolute Gasteiger partial charge is 0.376 e. The Morgan fingerprint density at radius 1 is 1.00 bits per heavy atom. The van der Waals surface area contributed by atoms with Crippen LogP contribution in [0.15, 0.2) is 84.9 Å². The summed E-state index contributed by atoms with van der Waals surface area (Å²) in [5.74, 6) is 0.170. The summed E-state index contributed by atoms with van der Waals surface area (Å²) in [4.78, 5) is 13.3. The molecule has 35 heavy (non-hydrogen) atoms. The highest BCUT2D eigenvalue weighted by molar-refractivity contribution is 6.30. The van der Waals surface area contributed by atoms with Gasteiger partial charge in [0.2, 0.25) is 0 Å². The Kier molecular flexibility index (Phi) is 6.67. The van der Waals surface area contributed by atoms with E-state index in [1.165, 1.54) is 0 Å². The Morgan fingerprint density at radius 3 is 2.26 bits per heavy atom. The van der Waals surface area contributed by atoms with Crippen LogP contribution < -0.4 is 5.32 Å². The van der Waals surface area contributed by atoms with Gasteiger partial charge in [0.25, 0.3) is 5.91 Å². The molecule has 5 nitrogen and oxygen atoms in total. The zero-order chi connectivity index (χ0) is 24.2. The van der Waals surface area contributed by atoms with Crippen LogP contribution in [0.3, 0.4) is 0 Å². The van der Waals surface area contributed by atoms with Crippen molar-refractivity contribution in [2.24, 2.45) is 0 Å². The van der Waals surface area contributed by atoms with Gasteiger partial charge in [0.15, 0.2) is 0 Å². The van der Waals surface area contributed by atoms with Crippen molar-refractivity contribution >= 4 is 23.3 Å². The molecule has 6 heteroatoms. The number of ether oxygens (including phenoxy) is 1. The molecule has 4 aromatic rings. The average Bonchev–Trinajstić information content (AvgIpc) is 3.52. The van der Waals surface area contributed by atoms with Crippen molar-refractivity contribution in [1.82, 2.24) is 4.57 Å². The zero-order valence-corrected chi connectivity index (χ0v) is 19.8. The van der Waals surface area contributed by atoms with Crippen LogP contribution in [-0.4, -0.2) is 23.2 Å². The molecular formula is C29H24ClN3O2. The van der Waals surface area contributed by atoms with E-state index < -0.39 is 0 Å². The molecule has 0 saturated carbocycles. The van der Waals surface area contributed by atoms with Crippen molar-refractivity contribution in [3.63, 3.8) is 0 Å². The molecule has 3 aromatic carbocycles. The van der Waals surface area contributed by atoms with E-state index in [4.69, 9.17) is 16.3 Å². The summed E-state index contributed by atoms with van der Waals surface area (Å²) in [5.41, 5.74) is 4.45. The standard InChI is InChI=1S/C29H24ClN3O2/c30-23-15-13-22(14-16-23)29(34)32-28-25(18-31)26(20-8-3-1-4-9-20)27(21-10-5-2-6-11-21)33(28)19-24-12-7-17-35-24/h1-6,8-11,13-16,24H,7,12,17,19H2,(H,32,34)/t24-/m1/s1. The third-order valence-electron chi connectivity index (χ3n) is 6.23. The molecule has 174 valence electrons. The maximum Gasteiger partial charge on any atom is 0.256 e. The molecule has 0 radical (unpaired) electrons. The van der Waals surface area contributed by atoms with Crippen LogP contribution in [-0.2, 0) is 11.3 Å². The van der Waals surface area contributed by atoms with Crippen molar-refractivity contribution < 1.29 is 9.53 Å². The number of halogens is 1. The molecule has 5 rings (SSSR count). The van der Waals surface area contributed by atoms with Crippen molar-refractivity contribution in [2.75, 3.05) is 11.9 Å². The molecule has 0 spiro atoms. The molecule has 0 unspecified atom stereocenters. The molecule has 1 amide bonds. The number of nitrogens with one attached hydrogen (secondary N) is 1. The number of benzene rings is 3. The summed E-state index contributed by atoms with van der Waals surface area (Å²) in [7, 11) is 0. The van der Waals surface area contributed by atoms with Gasteiger partial charge in [0, 0.05) is 22.8 Å². The van der Waals surface area contributed by atoms with Crippen molar-refractivity contribution in [3.05, 3.63) is 101 Å². The summed E-state index contributed by atoms with van der Waals surface area (Å²) in [6.45, 7) is 1.25. The van der Waals surface area contributed by atoms with Gasteiger partial charge in [-0.1, -0.05) is 72.3 Å². The molecular weight excluding hydrogens is 458 g/mol. The summed E-state index contributed by atoms with van der Waals surface area (Å²) in [5, 5.41) is 14.0. The molecule has 1 saturated heterocycles. The lowest BCUT2D eigenvalue weighted by Gasteiger charge is -2.18. The zero-order valence-electron chi connectivity index (χ0n) is 19.1. The minimum atomic E-state index is -0.302. The monoisotopic (exact) mass is 481 g/mol. The van der Waals surface area contributed by atoms with E-state index in [0.717, 1.165) is 41.8 Å². The first-order valence-corrected chi connectivity index (χ1v) is 12.0. The van der Waals surface area contributed by atoms with Crippen LogP contribution in [0, 0.1) is 11.3 Å². The minimum Gasteiger partial charge on any atom is -0.376 e. The second-order valence-electron chi connectivity index (χ2n) is 8.50. The van der Waals surface area contributed by atoms with Gasteiger partial charge in [-0.2, -0.15) is 5.26 Å². The molecule has 0 bridgehead atoms. The van der Waals surface area contributed by atoms with Gasteiger partial charge < -0.3 is 14.6 Å². The average molecular weight is 482 g/mol. The first-order valence-electron chi connectivity index (χ1n) is 11.6. The smallest absolute Gasteiger partial charge is 0.256 e. The number of hydrogen-bond donors (Lipinski definition) is 1. The lowest BCUT2D eigenvalue weighted by molar-refractivity contribution is 0.0969. The minimum absolute atomic E-state index is 0.00575. The second-order valence-corrected chi connectivity index (χ2v) is 8.93. The van der Waals surface area contributed by atoms with Crippen molar-refractivity contribution in [3.8, 4) is 28.5 Å². The molecule has 1 fully saturated rings. The molecule has 0 aliphatic carbocycles. The van der Waals surface area contributed by atoms with Gasteiger partial charge in [0.05, 0.1) is 18.3 Å². The molecule has 1 aliphatic rings. The number of nitriles is 1. The Morgan fingerprint density at radius 2 is 1.66 bits per heavy atom. The maximum absolute atomic E-state index is 13.3. The number of hydrogen-bond acceptors (Lipinski definition) is 3. The predicted molar refractivity (Wildman–Crippen MR) is 138 cm³/mol. The lowest BCUT2D eigenvalue weighted by atomic mass is 9.98. The van der Waals surface area contributed by atoms with Crippen LogP contribution >= 0.6 is 11.6 Å². The van der Waals surface area contributed by atoms with E-state index in [1.54, 1.807) is 24.3 Å². The highest BCUT2D eigenvalue weighted by Crippen LogP contribution is 2.42.